The van der Waals surface area contributed by atoms with E-state index in [4.69, 9.17) is 9.47 Å². The van der Waals surface area contributed by atoms with Crippen molar-refractivity contribution in [2.24, 2.45) is 0 Å². The van der Waals surface area contributed by atoms with Gasteiger partial charge in [0.15, 0.2) is 6.61 Å². The number of hydrogen-bond donors (Lipinski definition) is 0. The Morgan fingerprint density at radius 1 is 1.23 bits per heavy atom. The van der Waals surface area contributed by atoms with Gasteiger partial charge in [0.05, 0.1) is 22.7 Å². The molecule has 1 aliphatic heterocycles. The molecule has 1 saturated heterocycles. The van der Waals surface area contributed by atoms with Crippen molar-refractivity contribution in [3.63, 3.8) is 0 Å². The second-order valence-electron chi connectivity index (χ2n) is 6.47. The number of carbonyl (C=O) groups is 2. The molecule has 0 aromatic heterocycles. The minimum absolute atomic E-state index is 0.00665. The first-order valence-corrected chi connectivity index (χ1v) is 9.68. The maximum absolute atomic E-state index is 12.9. The van der Waals surface area contributed by atoms with E-state index in [2.05, 4.69) is 0 Å². The maximum atomic E-state index is 12.9. The SMILES string of the molecule is CC1CN(S(=O)(=O)c2cccc(C(=O)OCC(=O)N(C)C)c2)CC(C)O1. The summed E-state index contributed by atoms with van der Waals surface area (Å²) in [5.74, 6) is -1.11. The van der Waals surface area contributed by atoms with Crippen LogP contribution in [-0.4, -0.2) is 75.5 Å². The number of hydrogen-bond acceptors (Lipinski definition) is 6. The van der Waals surface area contributed by atoms with Crippen LogP contribution >= 0.6 is 0 Å². The largest absolute Gasteiger partial charge is 0.452 e. The molecule has 2 unspecified atom stereocenters. The number of ether oxygens (including phenoxy) is 2. The molecule has 0 spiro atoms. The number of rotatable bonds is 5. The average Bonchev–Trinajstić information content (AvgIpc) is 2.58. The Bertz CT molecular complexity index is 767. The third kappa shape index (κ3) is 4.80. The number of likely N-dealkylation sites (N-methyl/N-ethyl adjacent to an activating group) is 1. The van der Waals surface area contributed by atoms with Crippen molar-refractivity contribution < 1.29 is 27.5 Å². The van der Waals surface area contributed by atoms with E-state index in [1.54, 1.807) is 14.1 Å². The van der Waals surface area contributed by atoms with E-state index in [0.29, 0.717) is 0 Å². The molecule has 0 aliphatic carbocycles. The van der Waals surface area contributed by atoms with Crippen molar-refractivity contribution in [1.82, 2.24) is 9.21 Å². The van der Waals surface area contributed by atoms with Gasteiger partial charge in [-0.15, -0.1) is 0 Å². The molecule has 0 N–H and O–H groups in total. The van der Waals surface area contributed by atoms with Crippen LogP contribution in [0.1, 0.15) is 24.2 Å². The Kier molecular flexibility index (Phi) is 6.38. The monoisotopic (exact) mass is 384 g/mol. The van der Waals surface area contributed by atoms with Gasteiger partial charge in [0.1, 0.15) is 0 Å². The Labute approximate surface area is 153 Å². The van der Waals surface area contributed by atoms with Crippen molar-refractivity contribution in [3.8, 4) is 0 Å². The normalized spacial score (nSPS) is 21.2. The summed E-state index contributed by atoms with van der Waals surface area (Å²) in [6.45, 7) is 3.72. The molecular formula is C17H24N2O6S. The predicted octanol–water partition coefficient (Wildman–Crippen LogP) is 0.730. The van der Waals surface area contributed by atoms with Crippen molar-refractivity contribution in [2.75, 3.05) is 33.8 Å². The molecule has 144 valence electrons. The Hall–Kier alpha value is -1.97. The van der Waals surface area contributed by atoms with Gasteiger partial charge in [-0.25, -0.2) is 13.2 Å². The number of carbonyl (C=O) groups excluding carboxylic acids is 2. The molecule has 1 aromatic rings. The quantitative estimate of drug-likeness (QED) is 0.695. The van der Waals surface area contributed by atoms with E-state index in [0.717, 1.165) is 0 Å². The number of amides is 1. The van der Waals surface area contributed by atoms with Gasteiger partial charge >= 0.3 is 5.97 Å². The van der Waals surface area contributed by atoms with Crippen LogP contribution in [0.4, 0.5) is 0 Å². The lowest BCUT2D eigenvalue weighted by molar-refractivity contribution is -0.131. The van der Waals surface area contributed by atoms with Gasteiger partial charge in [-0.05, 0) is 32.0 Å². The molecule has 1 aliphatic rings. The van der Waals surface area contributed by atoms with E-state index in [1.165, 1.54) is 33.5 Å². The van der Waals surface area contributed by atoms with Crippen LogP contribution in [-0.2, 0) is 24.3 Å². The van der Waals surface area contributed by atoms with Crippen LogP contribution in [0.2, 0.25) is 0 Å². The average molecular weight is 384 g/mol. The standard InChI is InChI=1S/C17H24N2O6S/c1-12-9-19(10-13(2)25-12)26(22,23)15-7-5-6-14(8-15)17(21)24-11-16(20)18(3)4/h5-8,12-13H,9-11H2,1-4H3. The van der Waals surface area contributed by atoms with Gasteiger partial charge < -0.3 is 14.4 Å². The lowest BCUT2D eigenvalue weighted by Gasteiger charge is -2.34. The molecule has 1 aromatic carbocycles. The van der Waals surface area contributed by atoms with Crippen LogP contribution in [0.5, 0.6) is 0 Å². The van der Waals surface area contributed by atoms with Crippen molar-refractivity contribution in [2.45, 2.75) is 31.0 Å². The van der Waals surface area contributed by atoms with Crippen LogP contribution in [0.15, 0.2) is 29.2 Å². The Balaban J connectivity index is 2.17. The molecule has 0 bridgehead atoms. The molecule has 2 rings (SSSR count). The number of morpholine rings is 1. The second-order valence-corrected chi connectivity index (χ2v) is 8.41. The first kappa shape index (κ1) is 20.3. The first-order valence-electron chi connectivity index (χ1n) is 8.24. The third-order valence-corrected chi connectivity index (χ3v) is 5.75. The van der Waals surface area contributed by atoms with Crippen molar-refractivity contribution in [1.29, 1.82) is 0 Å². The fraction of sp³-hybridized carbons (Fsp3) is 0.529. The maximum Gasteiger partial charge on any atom is 0.338 e. The lowest BCUT2D eigenvalue weighted by Crippen LogP contribution is -2.48. The summed E-state index contributed by atoms with van der Waals surface area (Å²) in [6.07, 6.45) is -0.419. The third-order valence-electron chi connectivity index (χ3n) is 3.92. The van der Waals surface area contributed by atoms with Gasteiger partial charge in [0.25, 0.3) is 5.91 Å². The van der Waals surface area contributed by atoms with E-state index >= 15 is 0 Å². The smallest absolute Gasteiger partial charge is 0.338 e. The molecule has 0 radical (unpaired) electrons. The molecule has 26 heavy (non-hydrogen) atoms. The molecule has 0 saturated carbocycles. The topological polar surface area (TPSA) is 93.2 Å². The van der Waals surface area contributed by atoms with E-state index in [9.17, 15) is 18.0 Å². The van der Waals surface area contributed by atoms with Crippen LogP contribution in [0, 0.1) is 0 Å². The summed E-state index contributed by atoms with van der Waals surface area (Å²) in [6, 6.07) is 5.63. The molecule has 9 heteroatoms. The molecule has 1 amide bonds. The zero-order valence-corrected chi connectivity index (χ0v) is 16.2. The highest BCUT2D eigenvalue weighted by Crippen LogP contribution is 2.22. The molecular weight excluding hydrogens is 360 g/mol. The fourth-order valence-electron chi connectivity index (χ4n) is 2.60. The highest BCUT2D eigenvalue weighted by Gasteiger charge is 2.32. The zero-order chi connectivity index (χ0) is 19.5. The lowest BCUT2D eigenvalue weighted by atomic mass is 10.2. The Morgan fingerprint density at radius 2 is 1.85 bits per heavy atom. The predicted molar refractivity (Wildman–Crippen MR) is 94.2 cm³/mol. The Morgan fingerprint density at radius 3 is 2.42 bits per heavy atom. The van der Waals surface area contributed by atoms with Gasteiger partial charge in [0, 0.05) is 27.2 Å². The summed E-state index contributed by atoms with van der Waals surface area (Å²) in [4.78, 5) is 24.9. The summed E-state index contributed by atoms with van der Waals surface area (Å²) in [5.41, 5.74) is 0.0759. The van der Waals surface area contributed by atoms with E-state index < -0.39 is 22.6 Å². The molecule has 1 heterocycles. The van der Waals surface area contributed by atoms with Gasteiger partial charge in [0.2, 0.25) is 10.0 Å². The summed E-state index contributed by atoms with van der Waals surface area (Å²) in [5, 5.41) is 0. The molecule has 8 nitrogen and oxygen atoms in total. The number of nitrogens with zero attached hydrogens (tertiary/aromatic N) is 2. The number of sulfonamides is 1. The second kappa shape index (κ2) is 8.15. The van der Waals surface area contributed by atoms with Crippen LogP contribution in [0.3, 0.4) is 0 Å². The van der Waals surface area contributed by atoms with Gasteiger partial charge in [-0.2, -0.15) is 4.31 Å². The summed E-state index contributed by atoms with van der Waals surface area (Å²) < 4.78 is 37.6. The van der Waals surface area contributed by atoms with Crippen molar-refractivity contribution in [3.05, 3.63) is 29.8 Å². The number of benzene rings is 1. The van der Waals surface area contributed by atoms with Crippen LogP contribution < -0.4 is 0 Å². The van der Waals surface area contributed by atoms with E-state index in [-0.39, 0.29) is 41.7 Å². The fourth-order valence-corrected chi connectivity index (χ4v) is 4.24. The summed E-state index contributed by atoms with van der Waals surface area (Å²) >= 11 is 0. The zero-order valence-electron chi connectivity index (χ0n) is 15.3. The summed E-state index contributed by atoms with van der Waals surface area (Å²) in [7, 11) is -0.660. The van der Waals surface area contributed by atoms with Gasteiger partial charge in [-0.3, -0.25) is 4.79 Å². The minimum Gasteiger partial charge on any atom is -0.452 e. The molecule has 2 atom stereocenters. The van der Waals surface area contributed by atoms with Crippen molar-refractivity contribution >= 4 is 21.9 Å². The minimum atomic E-state index is -3.76. The van der Waals surface area contributed by atoms with Crippen LogP contribution in [0.25, 0.3) is 0 Å². The highest BCUT2D eigenvalue weighted by molar-refractivity contribution is 7.89. The van der Waals surface area contributed by atoms with Gasteiger partial charge in [-0.1, -0.05) is 6.07 Å². The first-order chi connectivity index (χ1) is 12.1. The van der Waals surface area contributed by atoms with E-state index in [1.807, 2.05) is 13.8 Å². The molecule has 1 fully saturated rings. The highest BCUT2D eigenvalue weighted by atomic mass is 32.2. The number of esters is 1.